The standard InChI is InChI=1S/C21H32N2O6/c1-7-8-23(19(3,4)5)17(26)15-21-11-12(2)20(6,29-21)14(18(27)28)13(21)16(25)22(15)9-10-24/h7,12-15,24H,1,8-11H2,2-6H3,(H,27,28)/t12?,13-,14+,15?,20-,21?/m0/s1. The second-order valence-corrected chi connectivity index (χ2v) is 9.71. The highest BCUT2D eigenvalue weighted by Crippen LogP contribution is 2.65. The minimum Gasteiger partial charge on any atom is -0.481 e. The number of hydrogen-bond acceptors (Lipinski definition) is 5. The van der Waals surface area contributed by atoms with Crippen molar-refractivity contribution in [1.29, 1.82) is 0 Å². The van der Waals surface area contributed by atoms with Crippen LogP contribution < -0.4 is 0 Å². The molecule has 0 aromatic heterocycles. The van der Waals surface area contributed by atoms with Crippen molar-refractivity contribution in [3.05, 3.63) is 12.7 Å². The SMILES string of the molecule is C=CCN(C(=O)C1N(CCO)C(=O)[C@@H]2[C@H](C(=O)O)[C@@]3(C)OC12CC3C)C(C)(C)C. The topological polar surface area (TPSA) is 107 Å². The molecule has 6 atom stereocenters. The van der Waals surface area contributed by atoms with Gasteiger partial charge >= 0.3 is 5.97 Å². The third kappa shape index (κ3) is 2.83. The zero-order chi connectivity index (χ0) is 21.9. The van der Waals surface area contributed by atoms with Gasteiger partial charge in [0.1, 0.15) is 17.6 Å². The zero-order valence-corrected chi connectivity index (χ0v) is 17.8. The molecule has 2 amide bonds. The maximum Gasteiger partial charge on any atom is 0.310 e. The van der Waals surface area contributed by atoms with Crippen LogP contribution in [0.25, 0.3) is 0 Å². The number of amides is 2. The number of fused-ring (bicyclic) bond motifs is 1. The van der Waals surface area contributed by atoms with Crippen LogP contribution in [0, 0.1) is 17.8 Å². The Kier molecular flexibility index (Phi) is 5.11. The van der Waals surface area contributed by atoms with Crippen molar-refractivity contribution in [3.8, 4) is 0 Å². The first-order chi connectivity index (χ1) is 13.4. The number of hydrogen-bond donors (Lipinski definition) is 2. The van der Waals surface area contributed by atoms with Crippen molar-refractivity contribution in [2.24, 2.45) is 17.8 Å². The Hall–Kier alpha value is -1.93. The van der Waals surface area contributed by atoms with E-state index in [1.54, 1.807) is 17.9 Å². The minimum atomic E-state index is -1.20. The molecule has 0 aromatic carbocycles. The summed E-state index contributed by atoms with van der Waals surface area (Å²) in [5.41, 5.74) is -2.75. The molecule has 3 aliphatic rings. The van der Waals surface area contributed by atoms with E-state index in [4.69, 9.17) is 4.74 Å². The van der Waals surface area contributed by atoms with Crippen LogP contribution in [0.2, 0.25) is 0 Å². The summed E-state index contributed by atoms with van der Waals surface area (Å²) < 4.78 is 6.38. The quantitative estimate of drug-likeness (QED) is 0.632. The van der Waals surface area contributed by atoms with Crippen molar-refractivity contribution >= 4 is 17.8 Å². The average Bonchev–Trinajstić information content (AvgIpc) is 3.09. The molecule has 3 saturated heterocycles. The van der Waals surface area contributed by atoms with E-state index in [0.29, 0.717) is 6.42 Å². The lowest BCUT2D eigenvalue weighted by Gasteiger charge is -2.42. The molecule has 1 spiro atoms. The molecule has 3 unspecified atom stereocenters. The second-order valence-electron chi connectivity index (χ2n) is 9.71. The van der Waals surface area contributed by atoms with Crippen molar-refractivity contribution in [1.82, 2.24) is 9.80 Å². The molecule has 8 heteroatoms. The Balaban J connectivity index is 2.15. The van der Waals surface area contributed by atoms with Crippen LogP contribution >= 0.6 is 0 Å². The molecule has 29 heavy (non-hydrogen) atoms. The molecule has 0 radical (unpaired) electrons. The van der Waals surface area contributed by atoms with Crippen molar-refractivity contribution in [2.75, 3.05) is 19.7 Å². The highest BCUT2D eigenvalue weighted by molar-refractivity contribution is 5.98. The van der Waals surface area contributed by atoms with Crippen LogP contribution in [0.1, 0.15) is 41.0 Å². The highest BCUT2D eigenvalue weighted by atomic mass is 16.5. The van der Waals surface area contributed by atoms with Gasteiger partial charge in [0.15, 0.2) is 0 Å². The lowest BCUT2D eigenvalue weighted by Crippen LogP contribution is -2.60. The van der Waals surface area contributed by atoms with Gasteiger partial charge in [-0.25, -0.2) is 0 Å². The maximum atomic E-state index is 13.8. The largest absolute Gasteiger partial charge is 0.481 e. The van der Waals surface area contributed by atoms with Crippen LogP contribution in [0.4, 0.5) is 0 Å². The molecule has 2 bridgehead atoms. The fraction of sp³-hybridized carbons (Fsp3) is 0.762. The van der Waals surface area contributed by atoms with Crippen LogP contribution in [0.15, 0.2) is 12.7 Å². The number of β-amino-alcohol motifs (C(OH)–C–C–N with tert-alkyl or cyclic N) is 1. The fourth-order valence-electron chi connectivity index (χ4n) is 5.71. The van der Waals surface area contributed by atoms with Gasteiger partial charge in [0.2, 0.25) is 11.8 Å². The predicted molar refractivity (Wildman–Crippen MR) is 105 cm³/mol. The first-order valence-corrected chi connectivity index (χ1v) is 10.1. The predicted octanol–water partition coefficient (Wildman–Crippen LogP) is 0.887. The molecule has 0 aliphatic carbocycles. The van der Waals surface area contributed by atoms with Gasteiger partial charge in [0.05, 0.1) is 18.1 Å². The summed E-state index contributed by atoms with van der Waals surface area (Å²) >= 11 is 0. The van der Waals surface area contributed by atoms with Crippen LogP contribution in [0.5, 0.6) is 0 Å². The first kappa shape index (κ1) is 21.8. The Morgan fingerprint density at radius 3 is 2.52 bits per heavy atom. The molecule has 3 aliphatic heterocycles. The molecule has 3 fully saturated rings. The van der Waals surface area contributed by atoms with E-state index in [-0.39, 0.29) is 31.5 Å². The molecule has 2 N–H and O–H groups in total. The summed E-state index contributed by atoms with van der Waals surface area (Å²) in [4.78, 5) is 42.3. The summed E-state index contributed by atoms with van der Waals surface area (Å²) in [6.45, 7) is 13.0. The highest BCUT2D eigenvalue weighted by Gasteiger charge is 2.80. The third-order valence-electron chi connectivity index (χ3n) is 7.04. The van der Waals surface area contributed by atoms with Crippen LogP contribution in [0.3, 0.4) is 0 Å². The number of aliphatic hydroxyl groups excluding tert-OH is 1. The molecular formula is C21H32N2O6. The number of carbonyl (C=O) groups excluding carboxylic acids is 2. The van der Waals surface area contributed by atoms with Crippen LogP contribution in [-0.4, -0.2) is 80.3 Å². The van der Waals surface area contributed by atoms with Gasteiger partial charge < -0.3 is 24.7 Å². The van der Waals surface area contributed by atoms with Crippen LogP contribution in [-0.2, 0) is 19.1 Å². The molecule has 3 heterocycles. The number of rotatable bonds is 6. The maximum absolute atomic E-state index is 13.8. The lowest BCUT2D eigenvalue weighted by atomic mass is 9.62. The Labute approximate surface area is 171 Å². The summed E-state index contributed by atoms with van der Waals surface area (Å²) in [7, 11) is 0. The number of carboxylic acid groups (broad SMARTS) is 1. The summed E-state index contributed by atoms with van der Waals surface area (Å²) in [5.74, 6) is -3.90. The zero-order valence-electron chi connectivity index (χ0n) is 17.8. The number of likely N-dealkylation sites (tertiary alicyclic amines) is 1. The van der Waals surface area contributed by atoms with E-state index >= 15 is 0 Å². The average molecular weight is 408 g/mol. The number of carboxylic acids is 1. The van der Waals surface area contributed by atoms with E-state index in [1.807, 2.05) is 27.7 Å². The monoisotopic (exact) mass is 408 g/mol. The smallest absolute Gasteiger partial charge is 0.310 e. The summed E-state index contributed by atoms with van der Waals surface area (Å²) in [6, 6.07) is -0.972. The molecule has 8 nitrogen and oxygen atoms in total. The van der Waals surface area contributed by atoms with Gasteiger partial charge in [-0.3, -0.25) is 14.4 Å². The molecule has 162 valence electrons. The summed E-state index contributed by atoms with van der Waals surface area (Å²) in [5, 5.41) is 19.5. The van der Waals surface area contributed by atoms with E-state index < -0.39 is 46.5 Å². The Morgan fingerprint density at radius 2 is 2.03 bits per heavy atom. The number of ether oxygens (including phenoxy) is 1. The van der Waals surface area contributed by atoms with E-state index in [1.165, 1.54) is 4.90 Å². The van der Waals surface area contributed by atoms with Gasteiger partial charge in [0.25, 0.3) is 0 Å². The molecule has 0 aromatic rings. The molecule has 3 rings (SSSR count). The molecular weight excluding hydrogens is 376 g/mol. The number of aliphatic hydroxyl groups is 1. The van der Waals surface area contributed by atoms with Crippen molar-refractivity contribution in [2.45, 2.75) is 63.8 Å². The van der Waals surface area contributed by atoms with Gasteiger partial charge in [-0.2, -0.15) is 0 Å². The normalized spacial score (nSPS) is 38.3. The lowest BCUT2D eigenvalue weighted by molar-refractivity contribution is -0.159. The number of aliphatic carboxylic acids is 1. The Bertz CT molecular complexity index is 746. The third-order valence-corrected chi connectivity index (χ3v) is 7.04. The second kappa shape index (κ2) is 6.80. The molecule has 0 saturated carbocycles. The summed E-state index contributed by atoms with van der Waals surface area (Å²) in [6.07, 6.45) is 2.05. The van der Waals surface area contributed by atoms with Gasteiger partial charge in [-0.15, -0.1) is 6.58 Å². The fourth-order valence-corrected chi connectivity index (χ4v) is 5.71. The minimum absolute atomic E-state index is 0.0413. The van der Waals surface area contributed by atoms with E-state index in [0.717, 1.165) is 0 Å². The van der Waals surface area contributed by atoms with Crippen molar-refractivity contribution in [3.63, 3.8) is 0 Å². The Morgan fingerprint density at radius 1 is 1.41 bits per heavy atom. The van der Waals surface area contributed by atoms with E-state index in [9.17, 15) is 24.6 Å². The van der Waals surface area contributed by atoms with E-state index in [2.05, 4.69) is 6.58 Å². The first-order valence-electron chi connectivity index (χ1n) is 10.1. The van der Waals surface area contributed by atoms with Crippen molar-refractivity contribution < 1.29 is 29.3 Å². The van der Waals surface area contributed by atoms with Gasteiger partial charge in [-0.1, -0.05) is 13.0 Å². The van der Waals surface area contributed by atoms with Gasteiger partial charge in [0, 0.05) is 18.6 Å². The number of nitrogens with zero attached hydrogens (tertiary/aromatic N) is 2. The number of carbonyl (C=O) groups is 3. The van der Waals surface area contributed by atoms with Gasteiger partial charge in [-0.05, 0) is 40.0 Å².